The lowest BCUT2D eigenvalue weighted by atomic mass is 10.1. The van der Waals surface area contributed by atoms with Crippen LogP contribution in [0, 0.1) is 6.92 Å². The predicted molar refractivity (Wildman–Crippen MR) is 82.3 cm³/mol. The quantitative estimate of drug-likeness (QED) is 0.611. The molecule has 0 bridgehead atoms. The highest BCUT2D eigenvalue weighted by molar-refractivity contribution is 6.01. The Labute approximate surface area is 130 Å². The van der Waals surface area contributed by atoms with Crippen LogP contribution in [0.1, 0.15) is 26.6 Å². The average Bonchev–Trinajstić information content (AvgIpc) is 2.90. The number of nitrogens with zero attached hydrogens (tertiary/aromatic N) is 2. The van der Waals surface area contributed by atoms with Gasteiger partial charge in [-0.3, -0.25) is 20.4 Å². The third-order valence-corrected chi connectivity index (χ3v) is 3.28. The number of aromatic nitrogens is 2. The highest BCUT2D eigenvalue weighted by Crippen LogP contribution is 2.24. The van der Waals surface area contributed by atoms with Crippen LogP contribution < -0.4 is 16.6 Å². The number of para-hydroxylation sites is 1. The molecule has 2 aromatic heterocycles. The maximum absolute atomic E-state index is 12.2. The Morgan fingerprint density at radius 3 is 2.52 bits per heavy atom. The molecule has 0 atom stereocenters. The zero-order valence-corrected chi connectivity index (χ0v) is 12.2. The van der Waals surface area contributed by atoms with Crippen molar-refractivity contribution in [2.45, 2.75) is 6.92 Å². The number of hydrogen-bond donors (Lipinski definition) is 3. The Bertz CT molecular complexity index is 903. The van der Waals surface area contributed by atoms with Gasteiger partial charge in [0.1, 0.15) is 5.58 Å². The van der Waals surface area contributed by atoms with Gasteiger partial charge in [-0.25, -0.2) is 9.97 Å². The average molecular weight is 311 g/mol. The molecule has 0 aliphatic heterocycles. The maximum Gasteiger partial charge on any atom is 0.305 e. The van der Waals surface area contributed by atoms with Crippen LogP contribution in [0.2, 0.25) is 0 Å². The van der Waals surface area contributed by atoms with Crippen LogP contribution in [0.3, 0.4) is 0 Å². The number of amides is 2. The lowest BCUT2D eigenvalue weighted by Crippen LogP contribution is -2.42. The number of rotatable bonds is 2. The molecule has 0 saturated heterocycles. The predicted octanol–water partition coefficient (Wildman–Crippen LogP) is 1.19. The summed E-state index contributed by atoms with van der Waals surface area (Å²) in [6.07, 6.45) is 2.69. The molecule has 1 aromatic carbocycles. The van der Waals surface area contributed by atoms with Crippen LogP contribution in [0.25, 0.3) is 11.0 Å². The minimum atomic E-state index is -0.669. The minimum Gasteiger partial charge on any atom is -0.451 e. The van der Waals surface area contributed by atoms with Crippen LogP contribution in [0.4, 0.5) is 5.82 Å². The van der Waals surface area contributed by atoms with Crippen molar-refractivity contribution >= 4 is 28.6 Å². The molecule has 116 valence electrons. The van der Waals surface area contributed by atoms with Crippen molar-refractivity contribution in [3.63, 3.8) is 0 Å². The highest BCUT2D eigenvalue weighted by Gasteiger charge is 2.19. The van der Waals surface area contributed by atoms with E-state index in [4.69, 9.17) is 10.2 Å². The Kier molecular flexibility index (Phi) is 3.63. The molecule has 2 heterocycles. The maximum atomic E-state index is 12.2. The van der Waals surface area contributed by atoms with Gasteiger partial charge in [0.2, 0.25) is 0 Å². The first kappa shape index (κ1) is 14.5. The fourth-order valence-corrected chi connectivity index (χ4v) is 2.14. The molecule has 0 spiro atoms. The highest BCUT2D eigenvalue weighted by atomic mass is 16.3. The van der Waals surface area contributed by atoms with Crippen LogP contribution in [0.15, 0.2) is 41.1 Å². The van der Waals surface area contributed by atoms with Crippen molar-refractivity contribution in [1.29, 1.82) is 0 Å². The van der Waals surface area contributed by atoms with Gasteiger partial charge in [0.15, 0.2) is 17.3 Å². The summed E-state index contributed by atoms with van der Waals surface area (Å²) in [5.74, 6) is -1.15. The van der Waals surface area contributed by atoms with Gasteiger partial charge in [-0.1, -0.05) is 18.2 Å². The number of fused-ring (bicyclic) bond motifs is 1. The number of benzene rings is 1. The van der Waals surface area contributed by atoms with Gasteiger partial charge in [0.25, 0.3) is 5.91 Å². The lowest BCUT2D eigenvalue weighted by molar-refractivity contribution is 0.0829. The number of anilines is 1. The summed E-state index contributed by atoms with van der Waals surface area (Å²) in [7, 11) is 0. The molecule has 2 amide bonds. The molecule has 8 heteroatoms. The van der Waals surface area contributed by atoms with Crippen molar-refractivity contribution in [2.24, 2.45) is 0 Å². The van der Waals surface area contributed by atoms with Crippen molar-refractivity contribution in [3.8, 4) is 0 Å². The Morgan fingerprint density at radius 2 is 1.78 bits per heavy atom. The summed E-state index contributed by atoms with van der Waals surface area (Å²) in [6.45, 7) is 1.77. The van der Waals surface area contributed by atoms with Crippen molar-refractivity contribution in [1.82, 2.24) is 20.8 Å². The molecule has 3 rings (SSSR count). The van der Waals surface area contributed by atoms with Crippen molar-refractivity contribution in [2.75, 3.05) is 5.73 Å². The molecule has 0 aliphatic rings. The summed E-state index contributed by atoms with van der Waals surface area (Å²) in [4.78, 5) is 31.6. The van der Waals surface area contributed by atoms with E-state index in [1.165, 1.54) is 12.4 Å². The first-order chi connectivity index (χ1) is 11.1. The van der Waals surface area contributed by atoms with E-state index in [0.717, 1.165) is 5.39 Å². The lowest BCUT2D eigenvalue weighted by Gasteiger charge is -2.06. The Hall–Kier alpha value is -3.42. The first-order valence-electron chi connectivity index (χ1n) is 6.73. The third kappa shape index (κ3) is 2.69. The number of carbonyl (C=O) groups is 2. The van der Waals surface area contributed by atoms with E-state index < -0.39 is 11.8 Å². The molecular weight excluding hydrogens is 298 g/mol. The number of nitrogen functional groups attached to an aromatic ring is 1. The molecular formula is C15H13N5O3. The second-order valence-electron chi connectivity index (χ2n) is 4.75. The van der Waals surface area contributed by atoms with E-state index in [1.807, 2.05) is 18.2 Å². The smallest absolute Gasteiger partial charge is 0.305 e. The number of nitrogens with two attached hydrogens (primary N) is 1. The zero-order chi connectivity index (χ0) is 16.4. The summed E-state index contributed by atoms with van der Waals surface area (Å²) >= 11 is 0. The van der Waals surface area contributed by atoms with Gasteiger partial charge < -0.3 is 10.2 Å². The van der Waals surface area contributed by atoms with Gasteiger partial charge in [0.05, 0.1) is 0 Å². The Morgan fingerprint density at radius 1 is 1.09 bits per heavy atom. The van der Waals surface area contributed by atoms with E-state index in [0.29, 0.717) is 11.1 Å². The summed E-state index contributed by atoms with van der Waals surface area (Å²) in [5, 5.41) is 0.835. The molecule has 4 N–H and O–H groups in total. The standard InChI is InChI=1S/C15H13N5O3/c1-8-9-4-2-3-5-10(9)23-12(8)15(22)20-19-14(21)11-13(16)18-7-6-17-11/h2-7H,1H3,(H2,16,18)(H,19,21)(H,20,22). The summed E-state index contributed by atoms with van der Waals surface area (Å²) in [6, 6.07) is 7.28. The first-order valence-corrected chi connectivity index (χ1v) is 6.73. The molecule has 0 radical (unpaired) electrons. The summed E-state index contributed by atoms with van der Waals surface area (Å²) < 4.78 is 5.51. The zero-order valence-electron chi connectivity index (χ0n) is 12.2. The van der Waals surface area contributed by atoms with E-state index >= 15 is 0 Å². The molecule has 3 aromatic rings. The van der Waals surface area contributed by atoms with Crippen molar-refractivity contribution in [3.05, 3.63) is 53.7 Å². The number of nitrogens with one attached hydrogen (secondary N) is 2. The third-order valence-electron chi connectivity index (χ3n) is 3.28. The molecule has 0 aliphatic carbocycles. The van der Waals surface area contributed by atoms with Gasteiger partial charge in [-0.05, 0) is 13.0 Å². The largest absolute Gasteiger partial charge is 0.451 e. The molecule has 0 unspecified atom stereocenters. The molecule has 0 saturated carbocycles. The SMILES string of the molecule is Cc1c(C(=O)NNC(=O)c2nccnc2N)oc2ccccc12. The second-order valence-corrected chi connectivity index (χ2v) is 4.75. The number of hydrogen-bond acceptors (Lipinski definition) is 6. The van der Waals surface area contributed by atoms with Crippen LogP contribution >= 0.6 is 0 Å². The second kappa shape index (κ2) is 5.76. The van der Waals surface area contributed by atoms with Crippen LogP contribution in [0.5, 0.6) is 0 Å². The minimum absolute atomic E-state index is 0.0285. The number of furan rings is 1. The van der Waals surface area contributed by atoms with Gasteiger partial charge in [0, 0.05) is 23.3 Å². The molecule has 23 heavy (non-hydrogen) atoms. The van der Waals surface area contributed by atoms with Gasteiger partial charge >= 0.3 is 5.91 Å². The topological polar surface area (TPSA) is 123 Å². The van der Waals surface area contributed by atoms with E-state index in [1.54, 1.807) is 13.0 Å². The summed E-state index contributed by atoms with van der Waals surface area (Å²) in [5.41, 5.74) is 11.3. The molecule has 8 nitrogen and oxygen atoms in total. The number of carbonyl (C=O) groups excluding carboxylic acids is 2. The van der Waals surface area contributed by atoms with E-state index in [9.17, 15) is 9.59 Å². The monoisotopic (exact) mass is 311 g/mol. The fourth-order valence-electron chi connectivity index (χ4n) is 2.14. The fraction of sp³-hybridized carbons (Fsp3) is 0.0667. The van der Waals surface area contributed by atoms with E-state index in [2.05, 4.69) is 20.8 Å². The normalized spacial score (nSPS) is 10.5. The van der Waals surface area contributed by atoms with E-state index in [-0.39, 0.29) is 17.3 Å². The van der Waals surface area contributed by atoms with Crippen LogP contribution in [-0.2, 0) is 0 Å². The van der Waals surface area contributed by atoms with Crippen LogP contribution in [-0.4, -0.2) is 21.8 Å². The van der Waals surface area contributed by atoms with Gasteiger partial charge in [-0.2, -0.15) is 0 Å². The number of aryl methyl sites for hydroxylation is 1. The molecule has 0 fully saturated rings. The van der Waals surface area contributed by atoms with Gasteiger partial charge in [-0.15, -0.1) is 0 Å². The number of hydrazine groups is 1. The van der Waals surface area contributed by atoms with Crippen molar-refractivity contribution < 1.29 is 14.0 Å². The Balaban J connectivity index is 1.75.